The standard InChI is InChI=1S/C10H15N5O2/c1-10(2,16-3)9-13-8(17-14-9)6-15-5-7(11)4-12-15/h4-5H,6,11H2,1-3H3. The number of nitrogens with zero attached hydrogens (tertiary/aromatic N) is 4. The molecule has 0 radical (unpaired) electrons. The van der Waals surface area contributed by atoms with Crippen molar-refractivity contribution in [1.82, 2.24) is 19.9 Å². The summed E-state index contributed by atoms with van der Waals surface area (Å²) in [5, 5.41) is 7.91. The molecular formula is C10H15N5O2. The Kier molecular flexibility index (Phi) is 2.84. The molecule has 2 aromatic rings. The van der Waals surface area contributed by atoms with Crippen LogP contribution >= 0.6 is 0 Å². The van der Waals surface area contributed by atoms with Crippen LogP contribution in [0.2, 0.25) is 0 Å². The molecule has 2 aromatic heterocycles. The van der Waals surface area contributed by atoms with Crippen molar-refractivity contribution in [3.05, 3.63) is 24.1 Å². The average Bonchev–Trinajstić information content (AvgIpc) is 2.89. The van der Waals surface area contributed by atoms with Crippen LogP contribution in [-0.4, -0.2) is 27.0 Å². The van der Waals surface area contributed by atoms with Gasteiger partial charge in [-0.05, 0) is 13.8 Å². The third kappa shape index (κ3) is 2.44. The molecule has 17 heavy (non-hydrogen) atoms. The molecular weight excluding hydrogens is 222 g/mol. The second-order valence-corrected chi connectivity index (χ2v) is 4.20. The first kappa shape index (κ1) is 11.6. The normalized spacial score (nSPS) is 11.9. The molecule has 0 unspecified atom stereocenters. The maximum atomic E-state index is 5.56. The van der Waals surface area contributed by atoms with Gasteiger partial charge in [0.05, 0.1) is 11.9 Å². The summed E-state index contributed by atoms with van der Waals surface area (Å²) in [5.74, 6) is 0.975. The van der Waals surface area contributed by atoms with E-state index < -0.39 is 5.60 Å². The van der Waals surface area contributed by atoms with Crippen LogP contribution in [0.5, 0.6) is 0 Å². The summed E-state index contributed by atoms with van der Waals surface area (Å²) in [6.07, 6.45) is 3.27. The third-order valence-corrected chi connectivity index (χ3v) is 2.47. The molecule has 0 bridgehead atoms. The van der Waals surface area contributed by atoms with Gasteiger partial charge in [-0.15, -0.1) is 0 Å². The monoisotopic (exact) mass is 237 g/mol. The molecule has 92 valence electrons. The predicted octanol–water partition coefficient (Wildman–Crippen LogP) is 0.778. The number of aromatic nitrogens is 4. The highest BCUT2D eigenvalue weighted by molar-refractivity contribution is 5.30. The Bertz CT molecular complexity index is 502. The number of methoxy groups -OCH3 is 1. The largest absolute Gasteiger partial charge is 0.396 e. The second-order valence-electron chi connectivity index (χ2n) is 4.20. The Morgan fingerprint density at radius 2 is 2.29 bits per heavy atom. The fourth-order valence-corrected chi connectivity index (χ4v) is 1.26. The molecule has 2 N–H and O–H groups in total. The Labute approximate surface area is 98.6 Å². The van der Waals surface area contributed by atoms with E-state index in [1.54, 1.807) is 24.2 Å². The SMILES string of the molecule is COC(C)(C)c1noc(Cn2cc(N)cn2)n1. The third-order valence-electron chi connectivity index (χ3n) is 2.47. The number of nitrogens with two attached hydrogens (primary N) is 1. The van der Waals surface area contributed by atoms with Gasteiger partial charge in [0.25, 0.3) is 0 Å². The Balaban J connectivity index is 2.14. The van der Waals surface area contributed by atoms with E-state index in [1.165, 1.54) is 0 Å². The minimum Gasteiger partial charge on any atom is -0.396 e. The van der Waals surface area contributed by atoms with E-state index in [2.05, 4.69) is 15.2 Å². The van der Waals surface area contributed by atoms with Gasteiger partial charge in [0.2, 0.25) is 11.7 Å². The lowest BCUT2D eigenvalue weighted by atomic mass is 10.1. The highest BCUT2D eigenvalue weighted by Crippen LogP contribution is 2.20. The van der Waals surface area contributed by atoms with Crippen LogP contribution in [0, 0.1) is 0 Å². The van der Waals surface area contributed by atoms with Crippen molar-refractivity contribution in [3.8, 4) is 0 Å². The number of ether oxygens (including phenoxy) is 1. The maximum Gasteiger partial charge on any atom is 0.248 e. The molecule has 0 aliphatic rings. The van der Waals surface area contributed by atoms with Gasteiger partial charge >= 0.3 is 0 Å². The first-order valence-electron chi connectivity index (χ1n) is 5.17. The molecule has 0 spiro atoms. The summed E-state index contributed by atoms with van der Waals surface area (Å²) >= 11 is 0. The van der Waals surface area contributed by atoms with Crippen LogP contribution in [0.15, 0.2) is 16.9 Å². The zero-order valence-electron chi connectivity index (χ0n) is 10.0. The zero-order valence-corrected chi connectivity index (χ0v) is 10.0. The van der Waals surface area contributed by atoms with Crippen molar-refractivity contribution >= 4 is 5.69 Å². The van der Waals surface area contributed by atoms with Crippen LogP contribution < -0.4 is 5.73 Å². The molecule has 0 aliphatic heterocycles. The number of hydrogen-bond acceptors (Lipinski definition) is 6. The highest BCUT2D eigenvalue weighted by atomic mass is 16.5. The summed E-state index contributed by atoms with van der Waals surface area (Å²) in [6.45, 7) is 4.13. The zero-order chi connectivity index (χ0) is 12.5. The average molecular weight is 237 g/mol. The molecule has 2 heterocycles. The molecule has 0 saturated carbocycles. The van der Waals surface area contributed by atoms with Crippen molar-refractivity contribution in [2.24, 2.45) is 0 Å². The van der Waals surface area contributed by atoms with Crippen molar-refractivity contribution in [2.45, 2.75) is 26.0 Å². The molecule has 2 rings (SSSR count). The smallest absolute Gasteiger partial charge is 0.248 e. The molecule has 0 aromatic carbocycles. The van der Waals surface area contributed by atoms with Crippen LogP contribution in [0.1, 0.15) is 25.6 Å². The Morgan fingerprint density at radius 3 is 2.88 bits per heavy atom. The van der Waals surface area contributed by atoms with Crippen molar-refractivity contribution in [1.29, 1.82) is 0 Å². The fraction of sp³-hybridized carbons (Fsp3) is 0.500. The summed E-state index contributed by atoms with van der Waals surface area (Å²) in [6, 6.07) is 0. The van der Waals surface area contributed by atoms with Crippen LogP contribution in [0.3, 0.4) is 0 Å². The minimum absolute atomic E-state index is 0.393. The van der Waals surface area contributed by atoms with Crippen LogP contribution in [0.4, 0.5) is 5.69 Å². The quantitative estimate of drug-likeness (QED) is 0.844. The second kappa shape index (κ2) is 4.17. The Morgan fingerprint density at radius 1 is 1.53 bits per heavy atom. The van der Waals surface area contributed by atoms with Crippen molar-refractivity contribution in [2.75, 3.05) is 12.8 Å². The maximum absolute atomic E-state index is 5.56. The fourth-order valence-electron chi connectivity index (χ4n) is 1.26. The molecule has 7 nitrogen and oxygen atoms in total. The van der Waals surface area contributed by atoms with Gasteiger partial charge < -0.3 is 15.0 Å². The highest BCUT2D eigenvalue weighted by Gasteiger charge is 2.26. The van der Waals surface area contributed by atoms with Gasteiger partial charge in [-0.2, -0.15) is 10.1 Å². The van der Waals surface area contributed by atoms with Gasteiger partial charge in [0.15, 0.2) is 0 Å². The minimum atomic E-state index is -0.565. The Hall–Kier alpha value is -1.89. The van der Waals surface area contributed by atoms with E-state index in [9.17, 15) is 0 Å². The first-order chi connectivity index (χ1) is 8.01. The van der Waals surface area contributed by atoms with E-state index in [0.717, 1.165) is 0 Å². The van der Waals surface area contributed by atoms with E-state index in [1.807, 2.05) is 13.8 Å². The molecule has 0 aliphatic carbocycles. The summed E-state index contributed by atoms with van der Waals surface area (Å²) in [5.41, 5.74) is 5.59. The molecule has 0 amide bonds. The lowest BCUT2D eigenvalue weighted by Gasteiger charge is -2.17. The number of rotatable bonds is 4. The van der Waals surface area contributed by atoms with Crippen molar-refractivity contribution in [3.63, 3.8) is 0 Å². The summed E-state index contributed by atoms with van der Waals surface area (Å²) in [7, 11) is 1.60. The first-order valence-corrected chi connectivity index (χ1v) is 5.17. The predicted molar refractivity (Wildman–Crippen MR) is 60.1 cm³/mol. The van der Waals surface area contributed by atoms with E-state index >= 15 is 0 Å². The van der Waals surface area contributed by atoms with Crippen LogP contribution in [0.25, 0.3) is 0 Å². The van der Waals surface area contributed by atoms with Gasteiger partial charge in [0.1, 0.15) is 12.1 Å². The lowest BCUT2D eigenvalue weighted by molar-refractivity contribution is 0.00973. The molecule has 0 saturated heterocycles. The number of anilines is 1. The van der Waals surface area contributed by atoms with E-state index in [-0.39, 0.29) is 0 Å². The van der Waals surface area contributed by atoms with Gasteiger partial charge in [0, 0.05) is 13.3 Å². The number of hydrogen-bond donors (Lipinski definition) is 1. The van der Waals surface area contributed by atoms with Gasteiger partial charge in [-0.25, -0.2) is 0 Å². The van der Waals surface area contributed by atoms with E-state index in [0.29, 0.717) is 23.9 Å². The van der Waals surface area contributed by atoms with Gasteiger partial charge in [-0.3, -0.25) is 4.68 Å². The van der Waals surface area contributed by atoms with Crippen molar-refractivity contribution < 1.29 is 9.26 Å². The summed E-state index contributed by atoms with van der Waals surface area (Å²) < 4.78 is 12.0. The molecule has 0 atom stereocenters. The topological polar surface area (TPSA) is 92.0 Å². The molecule has 0 fully saturated rings. The van der Waals surface area contributed by atoms with E-state index in [4.69, 9.17) is 15.0 Å². The summed E-state index contributed by atoms with van der Waals surface area (Å²) in [4.78, 5) is 4.25. The van der Waals surface area contributed by atoms with Crippen LogP contribution in [-0.2, 0) is 16.9 Å². The number of nitrogen functional groups attached to an aromatic ring is 1. The van der Waals surface area contributed by atoms with Gasteiger partial charge in [-0.1, -0.05) is 5.16 Å². The molecule has 7 heteroatoms. The lowest BCUT2D eigenvalue weighted by Crippen LogP contribution is -2.21.